The van der Waals surface area contributed by atoms with Crippen LogP contribution >= 0.6 is 11.6 Å². The third-order valence-corrected chi connectivity index (χ3v) is 7.40. The maximum atomic E-state index is 12.6. The van der Waals surface area contributed by atoms with E-state index in [1.54, 1.807) is 4.90 Å². The average Bonchev–Trinajstić information content (AvgIpc) is 3.22. The molecule has 0 aliphatic carbocycles. The summed E-state index contributed by atoms with van der Waals surface area (Å²) < 4.78 is 32.1. The molecule has 2 heterocycles. The molecule has 0 aromatic heterocycles. The van der Waals surface area contributed by atoms with E-state index in [1.807, 2.05) is 0 Å². The lowest BCUT2D eigenvalue weighted by Crippen LogP contribution is -2.43. The van der Waals surface area contributed by atoms with Crippen molar-refractivity contribution >= 4 is 33.4 Å². The highest BCUT2D eigenvalue weighted by atomic mass is 35.5. The van der Waals surface area contributed by atoms with Crippen molar-refractivity contribution in [1.29, 1.82) is 0 Å². The molecule has 2 saturated heterocycles. The topological polar surface area (TPSA) is 110 Å². The summed E-state index contributed by atoms with van der Waals surface area (Å²) in [7, 11) is -3.56. The second-order valence-electron chi connectivity index (χ2n) is 7.05. The van der Waals surface area contributed by atoms with Crippen molar-refractivity contribution in [2.24, 2.45) is 11.7 Å². The van der Waals surface area contributed by atoms with Gasteiger partial charge in [0.25, 0.3) is 5.91 Å². The lowest BCUT2D eigenvalue weighted by atomic mass is 9.96. The van der Waals surface area contributed by atoms with Crippen molar-refractivity contribution in [2.45, 2.75) is 30.6 Å². The molecule has 0 unspecified atom stereocenters. The molecule has 0 spiro atoms. The number of piperidine rings is 1. The highest BCUT2D eigenvalue weighted by Gasteiger charge is 2.28. The number of amides is 2. The zero-order valence-electron chi connectivity index (χ0n) is 15.5. The first-order valence-corrected chi connectivity index (χ1v) is 11.1. The SMILES string of the molecule is NC(=O)C1CCN(C(=O)COc2ccc(S(=O)(=O)N3CCCC3)cc2Cl)CC1. The standard InChI is InChI=1S/C18H24ClN3O5S/c19-15-11-14(28(25,26)22-7-1-2-8-22)3-4-16(15)27-12-17(23)21-9-5-13(6-10-21)18(20)24/h3-4,11,13H,1-2,5-10,12H2,(H2,20,24). The van der Waals surface area contributed by atoms with E-state index < -0.39 is 10.0 Å². The molecule has 0 bridgehead atoms. The van der Waals surface area contributed by atoms with Gasteiger partial charge in [-0.1, -0.05) is 11.6 Å². The second-order valence-corrected chi connectivity index (χ2v) is 9.39. The van der Waals surface area contributed by atoms with Gasteiger partial charge in [-0.25, -0.2) is 8.42 Å². The van der Waals surface area contributed by atoms with Crippen LogP contribution in [0.15, 0.2) is 23.1 Å². The molecule has 8 nitrogen and oxygen atoms in total. The molecule has 28 heavy (non-hydrogen) atoms. The minimum Gasteiger partial charge on any atom is -0.482 e. The Kier molecular flexibility index (Phi) is 6.47. The molecule has 2 N–H and O–H groups in total. The number of primary amides is 1. The van der Waals surface area contributed by atoms with E-state index in [4.69, 9.17) is 22.1 Å². The molecule has 2 fully saturated rings. The van der Waals surface area contributed by atoms with Gasteiger partial charge in [0.05, 0.1) is 9.92 Å². The summed E-state index contributed by atoms with van der Waals surface area (Å²) in [6.07, 6.45) is 2.80. The molecule has 154 valence electrons. The molecule has 10 heteroatoms. The van der Waals surface area contributed by atoms with Gasteiger partial charge in [-0.05, 0) is 43.9 Å². The highest BCUT2D eigenvalue weighted by Crippen LogP contribution is 2.30. The molecule has 0 radical (unpaired) electrons. The largest absolute Gasteiger partial charge is 0.482 e. The van der Waals surface area contributed by atoms with Crippen molar-refractivity contribution < 1.29 is 22.7 Å². The van der Waals surface area contributed by atoms with Gasteiger partial charge in [-0.2, -0.15) is 4.31 Å². The summed E-state index contributed by atoms with van der Waals surface area (Å²) >= 11 is 6.18. The number of nitrogens with zero attached hydrogens (tertiary/aromatic N) is 2. The number of sulfonamides is 1. The third-order valence-electron chi connectivity index (χ3n) is 5.21. The maximum absolute atomic E-state index is 12.6. The van der Waals surface area contributed by atoms with Gasteiger partial charge in [-0.15, -0.1) is 0 Å². The maximum Gasteiger partial charge on any atom is 0.260 e. The van der Waals surface area contributed by atoms with Crippen molar-refractivity contribution in [3.63, 3.8) is 0 Å². The molecule has 1 aromatic rings. The fraction of sp³-hybridized carbons (Fsp3) is 0.556. The Balaban J connectivity index is 1.58. The lowest BCUT2D eigenvalue weighted by Gasteiger charge is -2.30. The average molecular weight is 430 g/mol. The fourth-order valence-electron chi connectivity index (χ4n) is 3.48. The molecule has 0 atom stereocenters. The van der Waals surface area contributed by atoms with Crippen LogP contribution in [0.5, 0.6) is 5.75 Å². The van der Waals surface area contributed by atoms with Crippen LogP contribution in [-0.4, -0.2) is 62.2 Å². The van der Waals surface area contributed by atoms with E-state index in [0.717, 1.165) is 12.8 Å². The number of benzene rings is 1. The number of carbonyl (C=O) groups is 2. The van der Waals surface area contributed by atoms with Crippen LogP contribution in [0.2, 0.25) is 5.02 Å². The molecular weight excluding hydrogens is 406 g/mol. The smallest absolute Gasteiger partial charge is 0.260 e. The summed E-state index contributed by atoms with van der Waals surface area (Å²) in [5, 5.41) is 0.139. The minimum absolute atomic E-state index is 0.117. The predicted molar refractivity (Wildman–Crippen MR) is 103 cm³/mol. The summed E-state index contributed by atoms with van der Waals surface area (Å²) in [5.41, 5.74) is 5.30. The van der Waals surface area contributed by atoms with E-state index >= 15 is 0 Å². The second kappa shape index (κ2) is 8.67. The van der Waals surface area contributed by atoms with Gasteiger partial charge in [0.15, 0.2) is 6.61 Å². The third kappa shape index (κ3) is 4.59. The molecule has 0 saturated carbocycles. The highest BCUT2D eigenvalue weighted by molar-refractivity contribution is 7.89. The lowest BCUT2D eigenvalue weighted by molar-refractivity contribution is -0.136. The molecule has 2 amide bonds. The molecule has 1 aromatic carbocycles. The van der Waals surface area contributed by atoms with Gasteiger partial charge in [0.2, 0.25) is 15.9 Å². The number of hydrogen-bond acceptors (Lipinski definition) is 5. The Labute approximate surface area is 169 Å². The van der Waals surface area contributed by atoms with Crippen molar-refractivity contribution in [2.75, 3.05) is 32.8 Å². The normalized spacial score (nSPS) is 19.0. The monoisotopic (exact) mass is 429 g/mol. The Morgan fingerprint density at radius 1 is 1.14 bits per heavy atom. The van der Waals surface area contributed by atoms with Crippen LogP contribution in [0.4, 0.5) is 0 Å². The quantitative estimate of drug-likeness (QED) is 0.731. The summed E-state index contributed by atoms with van der Waals surface area (Å²) in [6.45, 7) is 1.73. The molecule has 3 rings (SSSR count). The van der Waals surface area contributed by atoms with Gasteiger partial charge < -0.3 is 15.4 Å². The number of nitrogens with two attached hydrogens (primary N) is 1. The first-order valence-electron chi connectivity index (χ1n) is 9.28. The van der Waals surface area contributed by atoms with Gasteiger partial charge in [0.1, 0.15) is 5.75 Å². The van der Waals surface area contributed by atoms with Crippen LogP contribution < -0.4 is 10.5 Å². The van der Waals surface area contributed by atoms with E-state index in [-0.39, 0.29) is 40.0 Å². The van der Waals surface area contributed by atoms with Crippen LogP contribution in [-0.2, 0) is 19.6 Å². The van der Waals surface area contributed by atoms with Crippen LogP contribution in [0.25, 0.3) is 0 Å². The van der Waals surface area contributed by atoms with Gasteiger partial charge in [-0.3, -0.25) is 9.59 Å². The number of ether oxygens (including phenoxy) is 1. The van der Waals surface area contributed by atoms with E-state index in [9.17, 15) is 18.0 Å². The number of carbonyl (C=O) groups excluding carboxylic acids is 2. The minimum atomic E-state index is -3.56. The molecule has 2 aliphatic rings. The summed E-state index contributed by atoms with van der Waals surface area (Å²) in [4.78, 5) is 25.2. The van der Waals surface area contributed by atoms with E-state index in [0.29, 0.717) is 39.0 Å². The Morgan fingerprint density at radius 2 is 1.79 bits per heavy atom. The summed E-state index contributed by atoms with van der Waals surface area (Å²) in [5.74, 6) is -0.487. The number of hydrogen-bond donors (Lipinski definition) is 1. The Hall–Kier alpha value is -1.84. The zero-order valence-corrected chi connectivity index (χ0v) is 17.0. The van der Waals surface area contributed by atoms with Gasteiger partial charge >= 0.3 is 0 Å². The molecule has 2 aliphatic heterocycles. The predicted octanol–water partition coefficient (Wildman–Crippen LogP) is 1.23. The Bertz CT molecular complexity index is 847. The summed E-state index contributed by atoms with van der Waals surface area (Å²) in [6, 6.07) is 4.27. The first kappa shape index (κ1) is 20.9. The number of likely N-dealkylation sites (tertiary alicyclic amines) is 1. The van der Waals surface area contributed by atoms with Gasteiger partial charge in [0, 0.05) is 32.1 Å². The van der Waals surface area contributed by atoms with Crippen LogP contribution in [0, 0.1) is 5.92 Å². The van der Waals surface area contributed by atoms with Crippen molar-refractivity contribution in [1.82, 2.24) is 9.21 Å². The Morgan fingerprint density at radius 3 is 2.36 bits per heavy atom. The number of halogens is 1. The van der Waals surface area contributed by atoms with Crippen LogP contribution in [0.3, 0.4) is 0 Å². The number of rotatable bonds is 6. The molecular formula is C18H24ClN3O5S. The van der Waals surface area contributed by atoms with E-state index in [1.165, 1.54) is 22.5 Å². The zero-order chi connectivity index (χ0) is 20.3. The van der Waals surface area contributed by atoms with Crippen LogP contribution in [0.1, 0.15) is 25.7 Å². The van der Waals surface area contributed by atoms with E-state index in [2.05, 4.69) is 0 Å². The van der Waals surface area contributed by atoms with Crippen molar-refractivity contribution in [3.05, 3.63) is 23.2 Å². The van der Waals surface area contributed by atoms with Crippen molar-refractivity contribution in [3.8, 4) is 5.75 Å². The first-order chi connectivity index (χ1) is 13.3. The fourth-order valence-corrected chi connectivity index (χ4v) is 5.32.